The zero-order valence-corrected chi connectivity index (χ0v) is 13.3. The number of hydrogen-bond acceptors (Lipinski definition) is 2. The van der Waals surface area contributed by atoms with Crippen LogP contribution in [0.25, 0.3) is 22.3 Å². The number of aromatic nitrogens is 3. The molecule has 1 aromatic carbocycles. The number of H-pyrrole nitrogens is 2. The molecule has 5 rings (SSSR count). The SMILES string of the molecule is O=C(NC1CC1)N1CCc2c(-c3cc4ccccc4[nH]3)n[nH]c2C1. The second kappa shape index (κ2) is 5.12. The first-order valence-electron chi connectivity index (χ1n) is 8.47. The van der Waals surface area contributed by atoms with Gasteiger partial charge in [0.2, 0.25) is 0 Å². The molecule has 6 nitrogen and oxygen atoms in total. The molecule has 0 saturated heterocycles. The van der Waals surface area contributed by atoms with Crippen LogP contribution in [0.4, 0.5) is 4.79 Å². The second-order valence-corrected chi connectivity index (χ2v) is 6.69. The molecule has 0 atom stereocenters. The van der Waals surface area contributed by atoms with Crippen LogP contribution in [0.2, 0.25) is 0 Å². The third-order valence-corrected chi connectivity index (χ3v) is 4.91. The summed E-state index contributed by atoms with van der Waals surface area (Å²) in [6, 6.07) is 10.8. The number of nitrogens with zero attached hydrogens (tertiary/aromatic N) is 2. The van der Waals surface area contributed by atoms with Crippen LogP contribution in [0, 0.1) is 0 Å². The van der Waals surface area contributed by atoms with Gasteiger partial charge in [0, 0.05) is 29.1 Å². The van der Waals surface area contributed by atoms with E-state index < -0.39 is 0 Å². The molecule has 1 fully saturated rings. The lowest BCUT2D eigenvalue weighted by atomic mass is 10.0. The fourth-order valence-electron chi connectivity index (χ4n) is 3.41. The van der Waals surface area contributed by atoms with Gasteiger partial charge in [0.25, 0.3) is 0 Å². The van der Waals surface area contributed by atoms with Crippen molar-refractivity contribution in [1.29, 1.82) is 0 Å². The minimum absolute atomic E-state index is 0.0462. The van der Waals surface area contributed by atoms with Gasteiger partial charge in [-0.25, -0.2) is 4.79 Å². The van der Waals surface area contributed by atoms with Crippen molar-refractivity contribution in [2.24, 2.45) is 0 Å². The van der Waals surface area contributed by atoms with Crippen LogP contribution in [-0.4, -0.2) is 38.7 Å². The number of rotatable bonds is 2. The van der Waals surface area contributed by atoms with Gasteiger partial charge in [-0.1, -0.05) is 18.2 Å². The molecule has 6 heteroatoms. The number of fused-ring (bicyclic) bond motifs is 2. The minimum Gasteiger partial charge on any atom is -0.353 e. The lowest BCUT2D eigenvalue weighted by Gasteiger charge is -2.27. The summed E-state index contributed by atoms with van der Waals surface area (Å²) < 4.78 is 0. The molecule has 3 aromatic rings. The summed E-state index contributed by atoms with van der Waals surface area (Å²) in [5.74, 6) is 0. The molecular weight excluding hydrogens is 302 g/mol. The van der Waals surface area contributed by atoms with Gasteiger partial charge in [-0.15, -0.1) is 0 Å². The van der Waals surface area contributed by atoms with Crippen molar-refractivity contribution in [1.82, 2.24) is 25.4 Å². The first kappa shape index (κ1) is 13.7. The topological polar surface area (TPSA) is 76.8 Å². The molecule has 1 saturated carbocycles. The Kier molecular flexibility index (Phi) is 2.92. The summed E-state index contributed by atoms with van der Waals surface area (Å²) in [5, 5.41) is 11.9. The van der Waals surface area contributed by atoms with E-state index in [4.69, 9.17) is 0 Å². The van der Waals surface area contributed by atoms with E-state index in [0.717, 1.165) is 48.4 Å². The summed E-state index contributed by atoms with van der Waals surface area (Å²) in [4.78, 5) is 17.5. The molecule has 3 heterocycles. The maximum Gasteiger partial charge on any atom is 0.317 e. The van der Waals surface area contributed by atoms with Crippen LogP contribution in [0.3, 0.4) is 0 Å². The first-order chi connectivity index (χ1) is 11.8. The van der Waals surface area contributed by atoms with E-state index in [0.29, 0.717) is 12.6 Å². The Hall–Kier alpha value is -2.76. The molecule has 1 aliphatic heterocycles. The predicted octanol–water partition coefficient (Wildman–Crippen LogP) is 2.79. The molecule has 0 unspecified atom stereocenters. The van der Waals surface area contributed by atoms with Crippen LogP contribution in [0.1, 0.15) is 24.1 Å². The van der Waals surface area contributed by atoms with Crippen LogP contribution in [-0.2, 0) is 13.0 Å². The summed E-state index contributed by atoms with van der Waals surface area (Å²) >= 11 is 0. The number of amides is 2. The minimum atomic E-state index is 0.0462. The van der Waals surface area contributed by atoms with Crippen molar-refractivity contribution in [3.8, 4) is 11.4 Å². The fourth-order valence-corrected chi connectivity index (χ4v) is 3.41. The maximum atomic E-state index is 12.2. The van der Waals surface area contributed by atoms with Crippen molar-refractivity contribution < 1.29 is 4.79 Å². The molecule has 2 aliphatic rings. The molecule has 24 heavy (non-hydrogen) atoms. The van der Waals surface area contributed by atoms with Gasteiger partial charge in [0.1, 0.15) is 5.69 Å². The van der Waals surface area contributed by atoms with Crippen molar-refractivity contribution in [2.75, 3.05) is 6.54 Å². The zero-order valence-electron chi connectivity index (χ0n) is 13.3. The molecule has 0 bridgehead atoms. The van der Waals surface area contributed by atoms with Gasteiger partial charge in [-0.05, 0) is 31.4 Å². The lowest BCUT2D eigenvalue weighted by Crippen LogP contribution is -2.43. The molecule has 0 radical (unpaired) electrons. The average molecular weight is 321 g/mol. The van der Waals surface area contributed by atoms with Gasteiger partial charge < -0.3 is 15.2 Å². The number of aromatic amines is 2. The third-order valence-electron chi connectivity index (χ3n) is 4.91. The molecule has 0 spiro atoms. The molecule has 2 amide bonds. The van der Waals surface area contributed by atoms with E-state index in [9.17, 15) is 4.79 Å². The Morgan fingerprint density at radius 3 is 3.00 bits per heavy atom. The van der Waals surface area contributed by atoms with E-state index >= 15 is 0 Å². The van der Waals surface area contributed by atoms with E-state index in [1.54, 1.807) is 0 Å². The Balaban J connectivity index is 1.42. The Morgan fingerprint density at radius 2 is 2.17 bits per heavy atom. The number of carbonyl (C=O) groups excluding carboxylic acids is 1. The summed E-state index contributed by atoms with van der Waals surface area (Å²) in [7, 11) is 0. The largest absolute Gasteiger partial charge is 0.353 e. The van der Waals surface area contributed by atoms with Crippen LogP contribution in [0.15, 0.2) is 30.3 Å². The molecular formula is C18H19N5O. The quantitative estimate of drug-likeness (QED) is 0.679. The van der Waals surface area contributed by atoms with Crippen molar-refractivity contribution in [3.05, 3.63) is 41.6 Å². The van der Waals surface area contributed by atoms with Crippen LogP contribution >= 0.6 is 0 Å². The number of nitrogens with one attached hydrogen (secondary N) is 3. The summed E-state index contributed by atoms with van der Waals surface area (Å²) in [5.41, 5.74) is 5.39. The first-order valence-corrected chi connectivity index (χ1v) is 8.47. The monoisotopic (exact) mass is 321 g/mol. The highest BCUT2D eigenvalue weighted by molar-refractivity contribution is 5.85. The summed E-state index contributed by atoms with van der Waals surface area (Å²) in [6.45, 7) is 1.33. The third kappa shape index (κ3) is 2.26. The number of para-hydroxylation sites is 1. The van der Waals surface area contributed by atoms with Crippen molar-refractivity contribution in [2.45, 2.75) is 31.8 Å². The number of hydrogen-bond donors (Lipinski definition) is 3. The van der Waals surface area contributed by atoms with Crippen molar-refractivity contribution >= 4 is 16.9 Å². The highest BCUT2D eigenvalue weighted by Gasteiger charge is 2.29. The average Bonchev–Trinajstić information content (AvgIpc) is 3.16. The smallest absolute Gasteiger partial charge is 0.317 e. The van der Waals surface area contributed by atoms with Crippen molar-refractivity contribution in [3.63, 3.8) is 0 Å². The Morgan fingerprint density at radius 1 is 1.29 bits per heavy atom. The van der Waals surface area contributed by atoms with Gasteiger partial charge in [-0.3, -0.25) is 5.10 Å². The number of carbonyl (C=O) groups is 1. The highest BCUT2D eigenvalue weighted by atomic mass is 16.2. The van der Waals surface area contributed by atoms with Gasteiger partial charge in [0.15, 0.2) is 0 Å². The van der Waals surface area contributed by atoms with E-state index in [1.807, 2.05) is 17.0 Å². The van der Waals surface area contributed by atoms with Crippen LogP contribution < -0.4 is 5.32 Å². The lowest BCUT2D eigenvalue weighted by molar-refractivity contribution is 0.191. The number of urea groups is 1. The highest BCUT2D eigenvalue weighted by Crippen LogP contribution is 2.30. The van der Waals surface area contributed by atoms with E-state index in [2.05, 4.69) is 38.7 Å². The maximum absolute atomic E-state index is 12.2. The standard InChI is InChI=1S/C18H19N5O/c24-18(19-12-5-6-12)23-8-7-13-16(10-23)21-22-17(13)15-9-11-3-1-2-4-14(11)20-15/h1-4,9,12,20H,5-8,10H2,(H,19,24)(H,21,22). The molecule has 2 aromatic heterocycles. The molecule has 1 aliphatic carbocycles. The molecule has 122 valence electrons. The van der Waals surface area contributed by atoms with Gasteiger partial charge in [0.05, 0.1) is 17.9 Å². The van der Waals surface area contributed by atoms with E-state index in [1.165, 1.54) is 10.9 Å². The van der Waals surface area contributed by atoms with E-state index in [-0.39, 0.29) is 6.03 Å². The Labute approximate surface area is 139 Å². The fraction of sp³-hybridized carbons (Fsp3) is 0.333. The zero-order chi connectivity index (χ0) is 16.1. The van der Waals surface area contributed by atoms with Gasteiger partial charge in [-0.2, -0.15) is 5.10 Å². The number of benzene rings is 1. The predicted molar refractivity (Wildman–Crippen MR) is 91.5 cm³/mol. The Bertz CT molecular complexity index is 888. The normalized spacial score (nSPS) is 17.1. The second-order valence-electron chi connectivity index (χ2n) is 6.69. The van der Waals surface area contributed by atoms with Crippen LogP contribution in [0.5, 0.6) is 0 Å². The van der Waals surface area contributed by atoms with Gasteiger partial charge >= 0.3 is 6.03 Å². The summed E-state index contributed by atoms with van der Waals surface area (Å²) in [6.07, 6.45) is 3.05. The molecule has 3 N–H and O–H groups in total.